The Morgan fingerprint density at radius 2 is 1.40 bits per heavy atom. The summed E-state index contributed by atoms with van der Waals surface area (Å²) in [6.45, 7) is 6.69. The van der Waals surface area contributed by atoms with Crippen molar-refractivity contribution in [3.05, 3.63) is 84.0 Å². The summed E-state index contributed by atoms with van der Waals surface area (Å²) in [4.78, 5) is 9.35. The summed E-state index contributed by atoms with van der Waals surface area (Å²) in [6, 6.07) is 26.9. The molecule has 0 aliphatic heterocycles. The van der Waals surface area contributed by atoms with Crippen LogP contribution in [0.5, 0.6) is 0 Å². The molecule has 0 fully saturated rings. The molecule has 0 spiro atoms. The molecule has 0 bridgehead atoms. The summed E-state index contributed by atoms with van der Waals surface area (Å²) >= 11 is 6.38. The lowest BCUT2D eigenvalue weighted by Gasteiger charge is -2.24. The molecule has 0 saturated heterocycles. The van der Waals surface area contributed by atoms with E-state index >= 15 is 0 Å². The molecule has 5 rings (SSSR count). The summed E-state index contributed by atoms with van der Waals surface area (Å²) in [5, 5.41) is 2.93. The highest BCUT2D eigenvalue weighted by atomic mass is 35.5. The molecule has 30 heavy (non-hydrogen) atoms. The molecule has 0 atom stereocenters. The molecular weight excluding hydrogens is 390 g/mol. The Balaban J connectivity index is 1.75. The zero-order valence-electron chi connectivity index (χ0n) is 17.2. The maximum Gasteiger partial charge on any atom is 0.161 e. The average Bonchev–Trinajstić information content (AvgIpc) is 3.08. The Morgan fingerprint density at radius 1 is 0.700 bits per heavy atom. The lowest BCUT2D eigenvalue weighted by molar-refractivity contribution is 0.423. The van der Waals surface area contributed by atoms with Crippen molar-refractivity contribution < 1.29 is 0 Å². The maximum absolute atomic E-state index is 6.38. The maximum atomic E-state index is 6.38. The predicted molar refractivity (Wildman–Crippen MR) is 126 cm³/mol. The van der Waals surface area contributed by atoms with Crippen LogP contribution in [0, 0.1) is 0 Å². The quantitative estimate of drug-likeness (QED) is 0.285. The Bertz CT molecular complexity index is 1380. The molecule has 0 radical (unpaired) electrons. The number of fused-ring (bicyclic) bond motifs is 3. The standard InChI is InChI=1S/C26H22ClN3/c1-26(2,3)30-22-12-8-7-11-19(22)20-14-13-18(15-23(20)30)25-28-21(16-24(27)29-25)17-9-5-4-6-10-17/h4-16H,1-3H3. The van der Waals surface area contributed by atoms with Crippen LogP contribution < -0.4 is 0 Å². The van der Waals surface area contributed by atoms with Crippen molar-refractivity contribution in [2.45, 2.75) is 26.3 Å². The first-order valence-corrected chi connectivity index (χ1v) is 10.4. The molecule has 4 heteroatoms. The van der Waals surface area contributed by atoms with Crippen molar-refractivity contribution in [3.63, 3.8) is 0 Å². The van der Waals surface area contributed by atoms with E-state index in [1.165, 1.54) is 21.8 Å². The minimum atomic E-state index is -0.0651. The van der Waals surface area contributed by atoms with E-state index < -0.39 is 0 Å². The number of para-hydroxylation sites is 1. The number of benzene rings is 3. The topological polar surface area (TPSA) is 30.7 Å². The lowest BCUT2D eigenvalue weighted by Crippen LogP contribution is -2.21. The molecule has 0 amide bonds. The van der Waals surface area contributed by atoms with Gasteiger partial charge in [-0.25, -0.2) is 9.97 Å². The Labute approximate surface area is 181 Å². The molecule has 2 aromatic heterocycles. The zero-order valence-corrected chi connectivity index (χ0v) is 18.0. The minimum absolute atomic E-state index is 0.0651. The van der Waals surface area contributed by atoms with Crippen molar-refractivity contribution >= 4 is 33.4 Å². The highest BCUT2D eigenvalue weighted by Crippen LogP contribution is 2.36. The van der Waals surface area contributed by atoms with Crippen LogP contribution in [0.4, 0.5) is 0 Å². The molecule has 3 aromatic carbocycles. The summed E-state index contributed by atoms with van der Waals surface area (Å²) in [5.74, 6) is 0.633. The molecule has 0 unspecified atom stereocenters. The molecule has 0 saturated carbocycles. The highest BCUT2D eigenvalue weighted by Gasteiger charge is 2.21. The van der Waals surface area contributed by atoms with Crippen LogP contribution in [0.1, 0.15) is 20.8 Å². The molecule has 0 N–H and O–H groups in total. The third-order valence-corrected chi connectivity index (χ3v) is 5.56. The second kappa shape index (κ2) is 6.96. The van der Waals surface area contributed by atoms with Crippen molar-refractivity contribution in [1.29, 1.82) is 0 Å². The van der Waals surface area contributed by atoms with Crippen molar-refractivity contribution in [2.75, 3.05) is 0 Å². The number of aromatic nitrogens is 3. The van der Waals surface area contributed by atoms with Crippen LogP contribution in [0.15, 0.2) is 78.9 Å². The molecule has 148 valence electrons. The van der Waals surface area contributed by atoms with Gasteiger partial charge in [-0.1, -0.05) is 72.3 Å². The van der Waals surface area contributed by atoms with Gasteiger partial charge in [0.1, 0.15) is 5.15 Å². The number of rotatable bonds is 2. The van der Waals surface area contributed by atoms with Crippen molar-refractivity contribution in [1.82, 2.24) is 14.5 Å². The monoisotopic (exact) mass is 411 g/mol. The molecule has 5 aromatic rings. The van der Waals surface area contributed by atoms with E-state index in [1.807, 2.05) is 36.4 Å². The van der Waals surface area contributed by atoms with Crippen LogP contribution in [0.25, 0.3) is 44.5 Å². The van der Waals surface area contributed by atoms with E-state index in [-0.39, 0.29) is 5.54 Å². The van der Waals surface area contributed by atoms with Gasteiger partial charge in [0.15, 0.2) is 5.82 Å². The van der Waals surface area contributed by atoms with Gasteiger partial charge in [0.25, 0.3) is 0 Å². The highest BCUT2D eigenvalue weighted by molar-refractivity contribution is 6.29. The second-order valence-electron chi connectivity index (χ2n) is 8.52. The van der Waals surface area contributed by atoms with Gasteiger partial charge < -0.3 is 4.57 Å². The van der Waals surface area contributed by atoms with E-state index in [0.29, 0.717) is 11.0 Å². The first kappa shape index (κ1) is 18.8. The molecule has 3 nitrogen and oxygen atoms in total. The van der Waals surface area contributed by atoms with E-state index in [2.05, 4.69) is 72.8 Å². The number of hydrogen-bond acceptors (Lipinski definition) is 2. The van der Waals surface area contributed by atoms with Crippen LogP contribution in [0.3, 0.4) is 0 Å². The average molecular weight is 412 g/mol. The second-order valence-corrected chi connectivity index (χ2v) is 8.91. The van der Waals surface area contributed by atoms with Crippen LogP contribution in [-0.4, -0.2) is 14.5 Å². The summed E-state index contributed by atoms with van der Waals surface area (Å²) in [7, 11) is 0. The van der Waals surface area contributed by atoms with Crippen molar-refractivity contribution in [2.24, 2.45) is 0 Å². The van der Waals surface area contributed by atoms with Crippen LogP contribution >= 0.6 is 11.6 Å². The van der Waals surface area contributed by atoms with E-state index in [9.17, 15) is 0 Å². The van der Waals surface area contributed by atoms with E-state index in [0.717, 1.165) is 16.8 Å². The van der Waals surface area contributed by atoms with Gasteiger partial charge in [0, 0.05) is 39.0 Å². The fourth-order valence-corrected chi connectivity index (χ4v) is 4.32. The van der Waals surface area contributed by atoms with Crippen LogP contribution in [0.2, 0.25) is 5.15 Å². The van der Waals surface area contributed by atoms with Gasteiger partial charge in [0.2, 0.25) is 0 Å². The number of hydrogen-bond donors (Lipinski definition) is 0. The number of halogens is 1. The Hall–Kier alpha value is -3.17. The normalized spacial score (nSPS) is 12.0. The van der Waals surface area contributed by atoms with Gasteiger partial charge in [-0.05, 0) is 32.9 Å². The summed E-state index contributed by atoms with van der Waals surface area (Å²) in [6.07, 6.45) is 0. The van der Waals surface area contributed by atoms with E-state index in [1.54, 1.807) is 0 Å². The third kappa shape index (κ3) is 3.16. The predicted octanol–water partition coefficient (Wildman–Crippen LogP) is 7.33. The zero-order chi connectivity index (χ0) is 20.9. The van der Waals surface area contributed by atoms with Gasteiger partial charge in [-0.3, -0.25) is 0 Å². The number of nitrogens with zero attached hydrogens (tertiary/aromatic N) is 3. The SMILES string of the molecule is CC(C)(C)n1c2ccccc2c2ccc(-c3nc(Cl)cc(-c4ccccc4)n3)cc21. The Morgan fingerprint density at radius 3 is 2.17 bits per heavy atom. The Kier molecular flexibility index (Phi) is 4.37. The molecule has 2 heterocycles. The first-order valence-electron chi connectivity index (χ1n) is 10.1. The minimum Gasteiger partial charge on any atom is -0.335 e. The first-order chi connectivity index (χ1) is 14.4. The van der Waals surface area contributed by atoms with Crippen LogP contribution in [-0.2, 0) is 5.54 Å². The summed E-state index contributed by atoms with van der Waals surface area (Å²) in [5.41, 5.74) is 5.13. The third-order valence-electron chi connectivity index (χ3n) is 5.37. The van der Waals surface area contributed by atoms with E-state index in [4.69, 9.17) is 16.6 Å². The fraction of sp³-hybridized carbons (Fsp3) is 0.154. The van der Waals surface area contributed by atoms with Gasteiger partial charge in [-0.2, -0.15) is 0 Å². The lowest BCUT2D eigenvalue weighted by atomic mass is 10.1. The largest absolute Gasteiger partial charge is 0.335 e. The molecule has 0 aliphatic rings. The fourth-order valence-electron chi connectivity index (χ4n) is 4.14. The molecular formula is C26H22ClN3. The summed E-state index contributed by atoms with van der Waals surface area (Å²) < 4.78 is 2.39. The van der Waals surface area contributed by atoms with Crippen molar-refractivity contribution in [3.8, 4) is 22.6 Å². The van der Waals surface area contributed by atoms with Gasteiger partial charge in [-0.15, -0.1) is 0 Å². The molecule has 0 aliphatic carbocycles. The van der Waals surface area contributed by atoms with Gasteiger partial charge in [0.05, 0.1) is 11.2 Å². The van der Waals surface area contributed by atoms with Gasteiger partial charge >= 0.3 is 0 Å². The smallest absolute Gasteiger partial charge is 0.161 e.